The van der Waals surface area contributed by atoms with Crippen molar-refractivity contribution in [3.8, 4) is 0 Å². The van der Waals surface area contributed by atoms with Gasteiger partial charge in [0, 0.05) is 44.1 Å². The molecule has 6 nitrogen and oxygen atoms in total. The molecule has 0 bridgehead atoms. The highest BCUT2D eigenvalue weighted by atomic mass is 16.1. The molecule has 0 unspecified atom stereocenters. The summed E-state index contributed by atoms with van der Waals surface area (Å²) < 4.78 is 0. The zero-order valence-corrected chi connectivity index (χ0v) is 17.4. The number of hydrogen-bond acceptors (Lipinski definition) is 5. The van der Waals surface area contributed by atoms with Gasteiger partial charge in [0.2, 0.25) is 5.95 Å². The quantitative estimate of drug-likeness (QED) is 0.833. The number of carbonyl (C=O) groups excluding carboxylic acids is 1. The molecule has 1 fully saturated rings. The molecule has 0 aliphatic carbocycles. The van der Waals surface area contributed by atoms with Crippen molar-refractivity contribution in [1.82, 2.24) is 15.3 Å². The summed E-state index contributed by atoms with van der Waals surface area (Å²) in [7, 11) is 0. The number of nitrogens with one attached hydrogen (secondary N) is 1. The van der Waals surface area contributed by atoms with Gasteiger partial charge in [0.1, 0.15) is 5.69 Å². The second kappa shape index (κ2) is 9.04. The van der Waals surface area contributed by atoms with Crippen molar-refractivity contribution in [2.24, 2.45) is 5.92 Å². The number of aryl methyl sites for hydroxylation is 2. The summed E-state index contributed by atoms with van der Waals surface area (Å²) in [5, 5.41) is 2.97. The van der Waals surface area contributed by atoms with Crippen LogP contribution >= 0.6 is 0 Å². The lowest BCUT2D eigenvalue weighted by molar-refractivity contribution is 0.0947. The van der Waals surface area contributed by atoms with E-state index >= 15 is 0 Å². The molecule has 1 aromatic carbocycles. The molecular weight excluding hydrogens is 350 g/mol. The summed E-state index contributed by atoms with van der Waals surface area (Å²) in [5.74, 6) is 1.09. The maximum Gasteiger partial charge on any atom is 0.270 e. The van der Waals surface area contributed by atoms with E-state index in [2.05, 4.69) is 70.1 Å². The first-order chi connectivity index (χ1) is 13.4. The molecule has 0 atom stereocenters. The van der Waals surface area contributed by atoms with Crippen LogP contribution in [0.15, 0.2) is 30.3 Å². The van der Waals surface area contributed by atoms with E-state index in [4.69, 9.17) is 0 Å². The van der Waals surface area contributed by atoms with Crippen LogP contribution in [-0.2, 0) is 0 Å². The highest BCUT2D eigenvalue weighted by Gasteiger charge is 2.21. The topological polar surface area (TPSA) is 61.4 Å². The van der Waals surface area contributed by atoms with Crippen molar-refractivity contribution < 1.29 is 4.79 Å². The average Bonchev–Trinajstić information content (AvgIpc) is 2.67. The highest BCUT2D eigenvalue weighted by Crippen LogP contribution is 2.20. The fourth-order valence-electron chi connectivity index (χ4n) is 3.36. The van der Waals surface area contributed by atoms with Gasteiger partial charge < -0.3 is 15.1 Å². The molecular formula is C22H31N5O. The minimum Gasteiger partial charge on any atom is -0.368 e. The normalized spacial score (nSPS) is 14.5. The van der Waals surface area contributed by atoms with Crippen LogP contribution in [0.5, 0.6) is 0 Å². The fraction of sp³-hybridized carbons (Fsp3) is 0.500. The molecule has 0 saturated carbocycles. The summed E-state index contributed by atoms with van der Waals surface area (Å²) in [4.78, 5) is 26.1. The van der Waals surface area contributed by atoms with Crippen molar-refractivity contribution in [1.29, 1.82) is 0 Å². The van der Waals surface area contributed by atoms with E-state index < -0.39 is 0 Å². The lowest BCUT2D eigenvalue weighted by Crippen LogP contribution is -2.47. The van der Waals surface area contributed by atoms with Gasteiger partial charge in [-0.25, -0.2) is 9.97 Å². The van der Waals surface area contributed by atoms with Crippen molar-refractivity contribution in [2.75, 3.05) is 42.5 Å². The van der Waals surface area contributed by atoms with E-state index in [1.54, 1.807) is 6.07 Å². The first kappa shape index (κ1) is 20.1. The van der Waals surface area contributed by atoms with Gasteiger partial charge in [-0.2, -0.15) is 0 Å². The highest BCUT2D eigenvalue weighted by molar-refractivity contribution is 5.92. The molecule has 1 aliphatic heterocycles. The number of benzene rings is 1. The number of carbonyl (C=O) groups is 1. The van der Waals surface area contributed by atoms with Gasteiger partial charge in [0.15, 0.2) is 0 Å². The Hall–Kier alpha value is -2.63. The summed E-state index contributed by atoms with van der Waals surface area (Å²) in [6.07, 6.45) is 0.962. The predicted molar refractivity (Wildman–Crippen MR) is 114 cm³/mol. The summed E-state index contributed by atoms with van der Waals surface area (Å²) in [6.45, 7) is 12.5. The van der Waals surface area contributed by atoms with Crippen LogP contribution in [0.2, 0.25) is 0 Å². The lowest BCUT2D eigenvalue weighted by atomic mass is 10.1. The van der Waals surface area contributed by atoms with Gasteiger partial charge in [-0.15, -0.1) is 0 Å². The second-order valence-corrected chi connectivity index (χ2v) is 7.95. The number of nitrogens with zero attached hydrogens (tertiary/aromatic N) is 4. The van der Waals surface area contributed by atoms with Gasteiger partial charge in [-0.1, -0.05) is 26.0 Å². The second-order valence-electron chi connectivity index (χ2n) is 7.95. The lowest BCUT2D eigenvalue weighted by Gasteiger charge is -2.36. The first-order valence-corrected chi connectivity index (χ1v) is 10.1. The van der Waals surface area contributed by atoms with Crippen LogP contribution in [-0.4, -0.2) is 48.6 Å². The average molecular weight is 382 g/mol. The molecule has 6 heteroatoms. The monoisotopic (exact) mass is 381 g/mol. The van der Waals surface area contributed by atoms with Crippen LogP contribution in [0.25, 0.3) is 0 Å². The zero-order chi connectivity index (χ0) is 20.1. The third-order valence-corrected chi connectivity index (χ3v) is 5.01. The number of aromatic nitrogens is 2. The first-order valence-electron chi connectivity index (χ1n) is 10.1. The summed E-state index contributed by atoms with van der Waals surface area (Å²) in [5.41, 5.74) is 3.80. The number of piperazine rings is 1. The van der Waals surface area contributed by atoms with E-state index in [-0.39, 0.29) is 5.91 Å². The minimum absolute atomic E-state index is 0.120. The van der Waals surface area contributed by atoms with Gasteiger partial charge >= 0.3 is 0 Å². The van der Waals surface area contributed by atoms with Gasteiger partial charge in [-0.3, -0.25) is 4.79 Å². The van der Waals surface area contributed by atoms with Gasteiger partial charge in [0.25, 0.3) is 5.91 Å². The molecule has 2 heterocycles. The predicted octanol–water partition coefficient (Wildman–Crippen LogP) is 3.20. The molecule has 150 valence electrons. The van der Waals surface area contributed by atoms with Gasteiger partial charge in [-0.05, 0) is 49.9 Å². The molecule has 1 saturated heterocycles. The third-order valence-electron chi connectivity index (χ3n) is 5.01. The Bertz CT molecular complexity index is 812. The Balaban J connectivity index is 1.64. The SMILES string of the molecule is Cc1cccc(N2CCN(c3nc(C)cc(C(=O)NCCC(C)C)n3)CC2)c1. The summed E-state index contributed by atoms with van der Waals surface area (Å²) >= 11 is 0. The smallest absolute Gasteiger partial charge is 0.270 e. The van der Waals surface area contributed by atoms with Crippen molar-refractivity contribution in [2.45, 2.75) is 34.1 Å². The zero-order valence-electron chi connectivity index (χ0n) is 17.4. The van der Waals surface area contributed by atoms with Crippen LogP contribution in [0.4, 0.5) is 11.6 Å². The van der Waals surface area contributed by atoms with Crippen LogP contribution < -0.4 is 15.1 Å². The Morgan fingerprint density at radius 3 is 2.46 bits per heavy atom. The molecule has 28 heavy (non-hydrogen) atoms. The van der Waals surface area contributed by atoms with Gasteiger partial charge in [0.05, 0.1) is 0 Å². The van der Waals surface area contributed by atoms with Crippen LogP contribution in [0, 0.1) is 19.8 Å². The van der Waals surface area contributed by atoms with E-state index in [0.717, 1.165) is 38.3 Å². The number of hydrogen-bond donors (Lipinski definition) is 1. The number of amides is 1. The van der Waals surface area contributed by atoms with E-state index in [0.29, 0.717) is 24.1 Å². The summed E-state index contributed by atoms with van der Waals surface area (Å²) in [6, 6.07) is 10.4. The molecule has 0 spiro atoms. The molecule has 1 amide bonds. The number of rotatable bonds is 6. The Labute approximate surface area is 168 Å². The van der Waals surface area contributed by atoms with E-state index in [1.807, 2.05) is 6.92 Å². The molecule has 3 rings (SSSR count). The molecule has 1 aliphatic rings. The largest absolute Gasteiger partial charge is 0.368 e. The Morgan fingerprint density at radius 1 is 1.07 bits per heavy atom. The van der Waals surface area contributed by atoms with E-state index in [1.165, 1.54) is 11.3 Å². The third kappa shape index (κ3) is 5.21. The van der Waals surface area contributed by atoms with Crippen LogP contribution in [0.1, 0.15) is 42.0 Å². The molecule has 2 aromatic rings. The molecule has 1 aromatic heterocycles. The fourth-order valence-corrected chi connectivity index (χ4v) is 3.36. The standard InChI is InChI=1S/C22H31N5O/c1-16(2)8-9-23-21(28)20-15-18(4)24-22(25-20)27-12-10-26(11-13-27)19-7-5-6-17(3)14-19/h5-7,14-16H,8-13H2,1-4H3,(H,23,28). The number of anilines is 2. The van der Waals surface area contributed by atoms with Crippen molar-refractivity contribution in [3.63, 3.8) is 0 Å². The Morgan fingerprint density at radius 2 is 1.79 bits per heavy atom. The van der Waals surface area contributed by atoms with Crippen molar-refractivity contribution in [3.05, 3.63) is 47.3 Å². The van der Waals surface area contributed by atoms with Crippen molar-refractivity contribution >= 4 is 17.5 Å². The van der Waals surface area contributed by atoms with E-state index in [9.17, 15) is 4.79 Å². The maximum atomic E-state index is 12.5. The Kier molecular flexibility index (Phi) is 6.49. The molecule has 1 N–H and O–H groups in total. The van der Waals surface area contributed by atoms with Crippen LogP contribution in [0.3, 0.4) is 0 Å². The maximum absolute atomic E-state index is 12.5. The molecule has 0 radical (unpaired) electrons. The minimum atomic E-state index is -0.120.